The highest BCUT2D eigenvalue weighted by Gasteiger charge is 2.27. The zero-order valence-electron chi connectivity index (χ0n) is 10.4. The molecule has 1 aromatic heterocycles. The summed E-state index contributed by atoms with van der Waals surface area (Å²) in [5.74, 6) is 1.19. The van der Waals surface area contributed by atoms with Crippen LogP contribution in [0.25, 0.3) is 0 Å². The highest BCUT2D eigenvalue weighted by atomic mass is 79.9. The molecular formula is C12H17BrClN3O. The van der Waals surface area contributed by atoms with Gasteiger partial charge in [-0.25, -0.2) is 4.98 Å². The Morgan fingerprint density at radius 2 is 2.28 bits per heavy atom. The number of hydrogen-bond acceptors (Lipinski definition) is 3. The Morgan fingerprint density at radius 3 is 2.89 bits per heavy atom. The molecule has 4 nitrogen and oxygen atoms in total. The van der Waals surface area contributed by atoms with Crippen molar-refractivity contribution in [2.75, 3.05) is 11.9 Å². The third-order valence-corrected chi connectivity index (χ3v) is 3.41. The van der Waals surface area contributed by atoms with Crippen LogP contribution in [0.2, 0.25) is 0 Å². The van der Waals surface area contributed by atoms with E-state index in [1.54, 1.807) is 0 Å². The number of aromatic nitrogens is 1. The molecule has 1 aromatic rings. The zero-order chi connectivity index (χ0) is 12.4. The maximum absolute atomic E-state index is 12.0. The molecule has 0 spiro atoms. The van der Waals surface area contributed by atoms with E-state index < -0.39 is 0 Å². The normalized spacial score (nSPS) is 22.4. The first-order valence-electron chi connectivity index (χ1n) is 5.73. The lowest BCUT2D eigenvalue weighted by Crippen LogP contribution is -2.35. The second kappa shape index (κ2) is 6.50. The molecule has 0 saturated carbocycles. The molecular weight excluding hydrogens is 318 g/mol. The molecule has 0 radical (unpaired) electrons. The zero-order valence-corrected chi connectivity index (χ0v) is 12.8. The number of amides is 1. The van der Waals surface area contributed by atoms with E-state index in [2.05, 4.69) is 38.5 Å². The first-order valence-corrected chi connectivity index (χ1v) is 6.53. The molecule has 1 amide bonds. The number of aryl methyl sites for hydroxylation is 1. The second-order valence-electron chi connectivity index (χ2n) is 4.59. The maximum Gasteiger partial charge on any atom is 0.242 e. The number of nitrogens with one attached hydrogen (secondary N) is 2. The highest BCUT2D eigenvalue weighted by Crippen LogP contribution is 2.18. The molecule has 1 saturated heterocycles. The first-order chi connectivity index (χ1) is 8.06. The van der Waals surface area contributed by atoms with Crippen LogP contribution >= 0.6 is 28.3 Å². The van der Waals surface area contributed by atoms with Crippen molar-refractivity contribution in [3.05, 3.63) is 22.3 Å². The standard InChI is InChI=1S/C12H16BrN3O.ClH/c1-7-5-9(14-6-7)12(17)16-11-8(2)3-4-10(13)15-11;/h3-4,7,9,14H,5-6H2,1-2H3,(H,15,16,17);1H. The van der Waals surface area contributed by atoms with Crippen molar-refractivity contribution in [3.63, 3.8) is 0 Å². The van der Waals surface area contributed by atoms with E-state index in [4.69, 9.17) is 0 Å². The molecule has 2 heterocycles. The lowest BCUT2D eigenvalue weighted by molar-refractivity contribution is -0.117. The summed E-state index contributed by atoms with van der Waals surface area (Å²) in [6.07, 6.45) is 0.888. The minimum atomic E-state index is -0.0924. The van der Waals surface area contributed by atoms with Crippen LogP contribution in [0.4, 0.5) is 5.82 Å². The van der Waals surface area contributed by atoms with Gasteiger partial charge in [-0.1, -0.05) is 13.0 Å². The number of halogens is 2. The van der Waals surface area contributed by atoms with Crippen molar-refractivity contribution >= 4 is 40.1 Å². The van der Waals surface area contributed by atoms with Crippen LogP contribution in [0.1, 0.15) is 18.9 Å². The van der Waals surface area contributed by atoms with Crippen LogP contribution in [-0.2, 0) is 4.79 Å². The number of pyridine rings is 1. The summed E-state index contributed by atoms with van der Waals surface area (Å²) in [6.45, 7) is 4.98. The number of nitrogens with zero attached hydrogens (tertiary/aromatic N) is 1. The lowest BCUT2D eigenvalue weighted by Gasteiger charge is -2.12. The molecule has 0 bridgehead atoms. The van der Waals surface area contributed by atoms with E-state index in [0.717, 1.165) is 23.1 Å². The third kappa shape index (κ3) is 3.67. The molecule has 2 unspecified atom stereocenters. The average Bonchev–Trinajstić information content (AvgIpc) is 2.70. The smallest absolute Gasteiger partial charge is 0.242 e. The molecule has 0 aliphatic carbocycles. The van der Waals surface area contributed by atoms with Crippen molar-refractivity contribution < 1.29 is 4.79 Å². The van der Waals surface area contributed by atoms with E-state index in [1.807, 2.05) is 19.1 Å². The largest absolute Gasteiger partial charge is 0.309 e. The van der Waals surface area contributed by atoms with Crippen LogP contribution in [0.3, 0.4) is 0 Å². The fraction of sp³-hybridized carbons (Fsp3) is 0.500. The monoisotopic (exact) mass is 333 g/mol. The van der Waals surface area contributed by atoms with Gasteiger partial charge in [0.1, 0.15) is 10.4 Å². The van der Waals surface area contributed by atoms with Crippen LogP contribution in [0, 0.1) is 12.8 Å². The molecule has 0 aromatic carbocycles. The minimum Gasteiger partial charge on any atom is -0.309 e. The molecule has 1 fully saturated rings. The van der Waals surface area contributed by atoms with Crippen molar-refractivity contribution in [1.82, 2.24) is 10.3 Å². The van der Waals surface area contributed by atoms with E-state index in [-0.39, 0.29) is 24.4 Å². The predicted molar refractivity (Wildman–Crippen MR) is 78.1 cm³/mol. The van der Waals surface area contributed by atoms with Gasteiger partial charge in [0, 0.05) is 0 Å². The number of carbonyl (C=O) groups is 1. The number of carbonyl (C=O) groups excluding carboxylic acids is 1. The summed E-state index contributed by atoms with van der Waals surface area (Å²) in [4.78, 5) is 16.3. The van der Waals surface area contributed by atoms with Gasteiger partial charge in [-0.15, -0.1) is 12.4 Å². The Bertz CT molecular complexity index is 441. The average molecular weight is 335 g/mol. The van der Waals surface area contributed by atoms with Crippen molar-refractivity contribution in [3.8, 4) is 0 Å². The van der Waals surface area contributed by atoms with Crippen LogP contribution in [0.5, 0.6) is 0 Å². The fourth-order valence-electron chi connectivity index (χ4n) is 1.95. The van der Waals surface area contributed by atoms with Gasteiger partial charge in [0.25, 0.3) is 0 Å². The van der Waals surface area contributed by atoms with Gasteiger partial charge in [0.05, 0.1) is 6.04 Å². The molecule has 2 N–H and O–H groups in total. The SMILES string of the molecule is Cc1ccc(Br)nc1NC(=O)C1CC(C)CN1.Cl. The minimum absolute atomic E-state index is 0. The fourth-order valence-corrected chi connectivity index (χ4v) is 2.26. The Labute approximate surface area is 121 Å². The van der Waals surface area contributed by atoms with E-state index in [1.165, 1.54) is 0 Å². The molecule has 1 aliphatic heterocycles. The lowest BCUT2D eigenvalue weighted by atomic mass is 10.1. The summed E-state index contributed by atoms with van der Waals surface area (Å²) in [5.41, 5.74) is 0.965. The quantitative estimate of drug-likeness (QED) is 0.817. The van der Waals surface area contributed by atoms with Crippen LogP contribution in [-0.4, -0.2) is 23.5 Å². The number of rotatable bonds is 2. The third-order valence-electron chi connectivity index (χ3n) is 2.97. The topological polar surface area (TPSA) is 54.0 Å². The van der Waals surface area contributed by atoms with Crippen molar-refractivity contribution in [2.45, 2.75) is 26.3 Å². The van der Waals surface area contributed by atoms with Crippen molar-refractivity contribution in [1.29, 1.82) is 0 Å². The Hall–Kier alpha value is -0.650. The van der Waals surface area contributed by atoms with E-state index in [0.29, 0.717) is 11.7 Å². The van der Waals surface area contributed by atoms with E-state index >= 15 is 0 Å². The molecule has 18 heavy (non-hydrogen) atoms. The summed E-state index contributed by atoms with van der Waals surface area (Å²) >= 11 is 3.30. The Morgan fingerprint density at radius 1 is 1.56 bits per heavy atom. The first kappa shape index (κ1) is 15.4. The van der Waals surface area contributed by atoms with Gasteiger partial charge >= 0.3 is 0 Å². The summed E-state index contributed by atoms with van der Waals surface area (Å²) in [5, 5.41) is 6.08. The van der Waals surface area contributed by atoms with Gasteiger partial charge in [-0.3, -0.25) is 4.79 Å². The molecule has 100 valence electrons. The predicted octanol–water partition coefficient (Wildman–Crippen LogP) is 2.51. The summed E-state index contributed by atoms with van der Waals surface area (Å²) in [7, 11) is 0. The van der Waals surface area contributed by atoms with E-state index in [9.17, 15) is 4.79 Å². The van der Waals surface area contributed by atoms with Gasteiger partial charge in [0.15, 0.2) is 0 Å². The Balaban J connectivity index is 0.00000162. The number of anilines is 1. The van der Waals surface area contributed by atoms with Gasteiger partial charge in [0.2, 0.25) is 5.91 Å². The van der Waals surface area contributed by atoms with Gasteiger partial charge in [-0.05, 0) is 53.4 Å². The molecule has 6 heteroatoms. The van der Waals surface area contributed by atoms with Gasteiger partial charge < -0.3 is 10.6 Å². The van der Waals surface area contributed by atoms with Crippen molar-refractivity contribution in [2.24, 2.45) is 5.92 Å². The van der Waals surface area contributed by atoms with Gasteiger partial charge in [-0.2, -0.15) is 0 Å². The van der Waals surface area contributed by atoms with Crippen LogP contribution in [0.15, 0.2) is 16.7 Å². The molecule has 1 aliphatic rings. The van der Waals surface area contributed by atoms with Crippen LogP contribution < -0.4 is 10.6 Å². The molecule has 2 rings (SSSR count). The summed E-state index contributed by atoms with van der Waals surface area (Å²) in [6, 6.07) is 3.70. The Kier molecular flexibility index (Phi) is 5.56. The summed E-state index contributed by atoms with van der Waals surface area (Å²) < 4.78 is 0.728. The maximum atomic E-state index is 12.0. The molecule has 2 atom stereocenters. The highest BCUT2D eigenvalue weighted by molar-refractivity contribution is 9.10. The number of hydrogen-bond donors (Lipinski definition) is 2. The second-order valence-corrected chi connectivity index (χ2v) is 5.40.